The molecule has 0 aliphatic rings. The zero-order chi connectivity index (χ0) is 25.6. The highest BCUT2D eigenvalue weighted by Crippen LogP contribution is 2.36. The maximum atomic E-state index is 12.8. The Morgan fingerprint density at radius 1 is 0.973 bits per heavy atom. The summed E-state index contributed by atoms with van der Waals surface area (Å²) in [6, 6.07) is 16.5. The smallest absolute Gasteiger partial charge is 0.341 e. The zero-order valence-corrected chi connectivity index (χ0v) is 21.2. The lowest BCUT2D eigenvalue weighted by atomic mass is 10.0. The van der Waals surface area contributed by atoms with Gasteiger partial charge in [-0.3, -0.25) is 4.79 Å². The molecule has 0 unspecified atom stereocenters. The maximum absolute atomic E-state index is 12.8. The summed E-state index contributed by atoms with van der Waals surface area (Å²) in [7, 11) is 0. The fourth-order valence-corrected chi connectivity index (χ4v) is 5.08. The number of nitrogens with one attached hydrogen (secondary N) is 1. The number of nitrogens with zero attached hydrogens (tertiary/aromatic N) is 3. The summed E-state index contributed by atoms with van der Waals surface area (Å²) in [6.07, 6.45) is 3.07. The van der Waals surface area contributed by atoms with Gasteiger partial charge < -0.3 is 18.9 Å². The minimum atomic E-state index is -0.491. The summed E-state index contributed by atoms with van der Waals surface area (Å²) in [5, 5.41) is 13.8. The van der Waals surface area contributed by atoms with Crippen LogP contribution in [0.3, 0.4) is 0 Å². The Hall–Kier alpha value is -4.22. The summed E-state index contributed by atoms with van der Waals surface area (Å²) >= 11 is 2.38. The molecule has 1 amide bonds. The molecular weight excluding hydrogens is 512 g/mol. The van der Waals surface area contributed by atoms with Gasteiger partial charge in [0.1, 0.15) is 16.3 Å². The van der Waals surface area contributed by atoms with Gasteiger partial charge in [-0.05, 0) is 36.8 Å². The van der Waals surface area contributed by atoms with Crippen molar-refractivity contribution in [3.63, 3.8) is 0 Å². The van der Waals surface area contributed by atoms with Gasteiger partial charge in [0, 0.05) is 10.9 Å². The molecule has 37 heavy (non-hydrogen) atoms. The van der Waals surface area contributed by atoms with E-state index in [1.54, 1.807) is 31.2 Å². The molecule has 5 rings (SSSR count). The van der Waals surface area contributed by atoms with Gasteiger partial charge in [-0.15, -0.1) is 21.5 Å². The highest BCUT2D eigenvalue weighted by molar-refractivity contribution is 7.99. The zero-order valence-electron chi connectivity index (χ0n) is 19.5. The molecule has 0 aliphatic heterocycles. The van der Waals surface area contributed by atoms with Crippen LogP contribution in [-0.2, 0) is 9.53 Å². The Morgan fingerprint density at radius 3 is 2.38 bits per heavy atom. The van der Waals surface area contributed by atoms with E-state index in [0.29, 0.717) is 44.2 Å². The lowest BCUT2D eigenvalue weighted by molar-refractivity contribution is -0.113. The Morgan fingerprint density at radius 2 is 1.70 bits per heavy atom. The molecular formula is C26H20N4O5S2. The van der Waals surface area contributed by atoms with Crippen molar-refractivity contribution in [1.29, 1.82) is 0 Å². The van der Waals surface area contributed by atoms with Crippen LogP contribution in [0.2, 0.25) is 0 Å². The Bertz CT molecular complexity index is 1500. The first kappa shape index (κ1) is 24.5. The fourth-order valence-electron chi connectivity index (χ4n) is 3.52. The van der Waals surface area contributed by atoms with Gasteiger partial charge in [-0.25, -0.2) is 9.78 Å². The number of ether oxygens (including phenoxy) is 1. The van der Waals surface area contributed by atoms with Crippen molar-refractivity contribution in [3.8, 4) is 34.0 Å². The average Bonchev–Trinajstić information content (AvgIpc) is 3.70. The molecule has 0 bridgehead atoms. The first-order valence-corrected chi connectivity index (χ1v) is 13.1. The molecule has 0 radical (unpaired) electrons. The summed E-state index contributed by atoms with van der Waals surface area (Å²) in [5.74, 6) is 0.183. The largest absolute Gasteiger partial charge is 0.463 e. The molecule has 1 N–H and O–H groups in total. The van der Waals surface area contributed by atoms with Crippen LogP contribution in [-0.4, -0.2) is 39.4 Å². The third kappa shape index (κ3) is 5.47. The van der Waals surface area contributed by atoms with Gasteiger partial charge in [0.15, 0.2) is 17.2 Å². The molecule has 4 heterocycles. The number of rotatable bonds is 9. The second kappa shape index (κ2) is 11.2. The van der Waals surface area contributed by atoms with Gasteiger partial charge in [0.05, 0.1) is 24.9 Å². The number of hydrogen-bond acceptors (Lipinski definition) is 10. The number of benzene rings is 1. The van der Waals surface area contributed by atoms with E-state index in [4.69, 9.17) is 13.6 Å². The number of furan rings is 2. The number of aromatic nitrogens is 3. The van der Waals surface area contributed by atoms with E-state index < -0.39 is 5.97 Å². The third-order valence-electron chi connectivity index (χ3n) is 5.12. The fraction of sp³-hybridized carbons (Fsp3) is 0.115. The van der Waals surface area contributed by atoms with E-state index in [1.807, 2.05) is 35.7 Å². The van der Waals surface area contributed by atoms with Gasteiger partial charge in [0.2, 0.25) is 11.1 Å². The number of carbonyl (C=O) groups excluding carboxylic acids is 2. The van der Waals surface area contributed by atoms with Crippen molar-refractivity contribution in [2.75, 3.05) is 17.7 Å². The summed E-state index contributed by atoms with van der Waals surface area (Å²) < 4.78 is 16.2. The van der Waals surface area contributed by atoms with Gasteiger partial charge >= 0.3 is 5.97 Å². The van der Waals surface area contributed by atoms with Crippen LogP contribution in [0, 0.1) is 0 Å². The molecule has 0 aliphatic carbocycles. The van der Waals surface area contributed by atoms with Crippen LogP contribution < -0.4 is 5.32 Å². The molecule has 0 atom stereocenters. The number of thiophene rings is 1. The van der Waals surface area contributed by atoms with Gasteiger partial charge in [-0.1, -0.05) is 42.1 Å². The summed E-state index contributed by atoms with van der Waals surface area (Å²) in [6.45, 7) is 1.96. The van der Waals surface area contributed by atoms with Crippen LogP contribution >= 0.6 is 23.1 Å². The van der Waals surface area contributed by atoms with Crippen molar-refractivity contribution < 1.29 is 23.2 Å². The summed E-state index contributed by atoms with van der Waals surface area (Å²) in [5.41, 5.74) is 2.78. The van der Waals surface area contributed by atoms with Crippen molar-refractivity contribution >= 4 is 40.0 Å². The highest BCUT2D eigenvalue weighted by Gasteiger charge is 2.23. The number of esters is 1. The van der Waals surface area contributed by atoms with Crippen LogP contribution in [0.5, 0.6) is 0 Å². The lowest BCUT2D eigenvalue weighted by Gasteiger charge is -2.09. The second-order valence-corrected chi connectivity index (χ2v) is 9.35. The van der Waals surface area contributed by atoms with Crippen molar-refractivity contribution in [1.82, 2.24) is 15.2 Å². The minimum Gasteiger partial charge on any atom is -0.463 e. The van der Waals surface area contributed by atoms with Crippen LogP contribution in [0.25, 0.3) is 34.0 Å². The van der Waals surface area contributed by atoms with Gasteiger partial charge in [0.25, 0.3) is 0 Å². The minimum absolute atomic E-state index is 0.000207. The molecule has 0 fully saturated rings. The number of thioether (sulfide) groups is 1. The molecule has 0 saturated heterocycles. The SMILES string of the molecule is CCOC(=O)c1c(-c2ccccc2)csc1NC(=O)CSc1nnc(-c2ccco2)c(-c2ccco2)n1. The molecule has 0 saturated carbocycles. The number of carbonyl (C=O) groups is 2. The van der Waals surface area contributed by atoms with E-state index in [-0.39, 0.29) is 18.3 Å². The predicted octanol–water partition coefficient (Wildman–Crippen LogP) is 6.03. The molecule has 186 valence electrons. The molecule has 11 heteroatoms. The van der Waals surface area contributed by atoms with E-state index in [2.05, 4.69) is 20.5 Å². The Balaban J connectivity index is 1.34. The van der Waals surface area contributed by atoms with Crippen LogP contribution in [0.4, 0.5) is 5.00 Å². The van der Waals surface area contributed by atoms with Crippen molar-refractivity contribution in [2.24, 2.45) is 0 Å². The monoisotopic (exact) mass is 532 g/mol. The maximum Gasteiger partial charge on any atom is 0.341 e. The molecule has 0 spiro atoms. The first-order chi connectivity index (χ1) is 18.1. The van der Waals surface area contributed by atoms with Crippen LogP contribution in [0.1, 0.15) is 17.3 Å². The molecule has 4 aromatic heterocycles. The summed E-state index contributed by atoms with van der Waals surface area (Å²) in [4.78, 5) is 30.1. The quantitative estimate of drug-likeness (QED) is 0.179. The number of hydrogen-bond donors (Lipinski definition) is 1. The predicted molar refractivity (Wildman–Crippen MR) is 140 cm³/mol. The number of amides is 1. The lowest BCUT2D eigenvalue weighted by Crippen LogP contribution is -2.16. The van der Waals surface area contributed by atoms with Crippen molar-refractivity contribution in [2.45, 2.75) is 12.1 Å². The second-order valence-electron chi connectivity index (χ2n) is 7.52. The highest BCUT2D eigenvalue weighted by atomic mass is 32.2. The molecule has 9 nitrogen and oxygen atoms in total. The van der Waals surface area contributed by atoms with Crippen LogP contribution in [0.15, 0.2) is 86.5 Å². The topological polar surface area (TPSA) is 120 Å². The van der Waals surface area contributed by atoms with E-state index in [1.165, 1.54) is 23.9 Å². The molecule has 5 aromatic rings. The van der Waals surface area contributed by atoms with E-state index >= 15 is 0 Å². The normalized spacial score (nSPS) is 10.8. The third-order valence-corrected chi connectivity index (χ3v) is 6.85. The average molecular weight is 533 g/mol. The van der Waals surface area contributed by atoms with Gasteiger partial charge in [-0.2, -0.15) is 0 Å². The standard InChI is InChI=1S/C26H20N4O5S2/c1-2-33-25(32)21-17(16-8-4-3-5-9-16)14-36-24(21)27-20(31)15-37-26-28-22(18-10-6-12-34-18)23(29-30-26)19-11-7-13-35-19/h3-14H,2,15H2,1H3,(H,27,31). The first-order valence-electron chi connectivity index (χ1n) is 11.2. The van der Waals surface area contributed by atoms with Crippen molar-refractivity contribution in [3.05, 3.63) is 78.1 Å². The Kier molecular flexibility index (Phi) is 7.43. The molecule has 1 aromatic carbocycles. The Labute approximate surface area is 219 Å². The van der Waals surface area contributed by atoms with E-state index in [0.717, 1.165) is 17.3 Å². The van der Waals surface area contributed by atoms with E-state index in [9.17, 15) is 9.59 Å². The number of anilines is 1.